The largest absolute Gasteiger partial charge is 0.352 e. The smallest absolute Gasteiger partial charge is 0.219 e. The van der Waals surface area contributed by atoms with Gasteiger partial charge in [-0.25, -0.2) is 0 Å². The first-order valence-electron chi connectivity index (χ1n) is 7.33. The lowest BCUT2D eigenvalue weighted by molar-refractivity contribution is -0.120. The summed E-state index contributed by atoms with van der Waals surface area (Å²) in [6.45, 7) is 3.30. The summed E-state index contributed by atoms with van der Waals surface area (Å²) in [5, 5.41) is 6.09. The van der Waals surface area contributed by atoms with Gasteiger partial charge in [-0.3, -0.25) is 4.79 Å². The molecule has 0 atom stereocenters. The van der Waals surface area contributed by atoms with Gasteiger partial charge in [-0.1, -0.05) is 55.5 Å². The van der Waals surface area contributed by atoms with Crippen LogP contribution in [0.2, 0.25) is 0 Å². The van der Waals surface area contributed by atoms with E-state index < -0.39 is 0 Å². The predicted octanol–water partition coefficient (Wildman–Crippen LogP) is 3.10. The fourth-order valence-electron chi connectivity index (χ4n) is 2.27. The lowest BCUT2D eigenvalue weighted by Gasteiger charge is -2.10. The monoisotopic (exact) mass is 282 g/mol. The lowest BCUT2D eigenvalue weighted by Crippen LogP contribution is -2.21. The average Bonchev–Trinajstić information content (AvgIpc) is 2.54. The number of carbonyl (C=O) groups is 1. The van der Waals surface area contributed by atoms with Crippen LogP contribution in [0.4, 0.5) is 0 Å². The Balaban J connectivity index is 2.13. The van der Waals surface area contributed by atoms with Crippen LogP contribution < -0.4 is 10.6 Å². The molecule has 0 fully saturated rings. The highest BCUT2D eigenvalue weighted by molar-refractivity contribution is 5.75. The van der Waals surface area contributed by atoms with Gasteiger partial charge in [0.2, 0.25) is 5.91 Å². The minimum atomic E-state index is 0.0819. The van der Waals surface area contributed by atoms with Crippen molar-refractivity contribution in [3.63, 3.8) is 0 Å². The van der Waals surface area contributed by atoms with Gasteiger partial charge in [-0.05, 0) is 29.3 Å². The van der Waals surface area contributed by atoms with Gasteiger partial charge in [0.05, 0.1) is 0 Å². The molecule has 0 aliphatic heterocycles. The Morgan fingerprint density at radius 2 is 1.71 bits per heavy atom. The fraction of sp³-hybridized carbons (Fsp3) is 0.278. The highest BCUT2D eigenvalue weighted by Crippen LogP contribution is 2.24. The summed E-state index contributed by atoms with van der Waals surface area (Å²) >= 11 is 0. The molecule has 0 spiro atoms. The van der Waals surface area contributed by atoms with E-state index in [4.69, 9.17) is 0 Å². The molecule has 0 heterocycles. The van der Waals surface area contributed by atoms with Crippen LogP contribution in [0.25, 0.3) is 11.1 Å². The van der Waals surface area contributed by atoms with E-state index in [0.29, 0.717) is 13.0 Å². The minimum Gasteiger partial charge on any atom is -0.352 e. The van der Waals surface area contributed by atoms with Gasteiger partial charge >= 0.3 is 0 Å². The summed E-state index contributed by atoms with van der Waals surface area (Å²) in [5.41, 5.74) is 4.85. The molecule has 0 aliphatic rings. The van der Waals surface area contributed by atoms with E-state index in [9.17, 15) is 4.79 Å². The molecular formula is C18H22N2O. The van der Waals surface area contributed by atoms with Gasteiger partial charge in [0, 0.05) is 19.5 Å². The zero-order chi connectivity index (χ0) is 15.1. The maximum absolute atomic E-state index is 11.3. The van der Waals surface area contributed by atoms with Crippen LogP contribution >= 0.6 is 0 Å². The summed E-state index contributed by atoms with van der Waals surface area (Å²) < 4.78 is 0. The number of rotatable bonds is 6. The van der Waals surface area contributed by atoms with Crippen molar-refractivity contribution in [1.29, 1.82) is 0 Å². The second-order valence-corrected chi connectivity index (χ2v) is 5.01. The molecule has 0 aliphatic carbocycles. The highest BCUT2D eigenvalue weighted by atomic mass is 16.1. The molecule has 0 saturated heterocycles. The van der Waals surface area contributed by atoms with Crippen molar-refractivity contribution >= 4 is 5.91 Å². The first-order valence-corrected chi connectivity index (χ1v) is 7.33. The lowest BCUT2D eigenvalue weighted by atomic mass is 9.98. The van der Waals surface area contributed by atoms with Crippen molar-refractivity contribution in [2.75, 3.05) is 7.05 Å². The molecule has 3 heteroatoms. The Morgan fingerprint density at radius 1 is 1.00 bits per heavy atom. The highest BCUT2D eigenvalue weighted by Gasteiger charge is 2.04. The number of hydrogen-bond acceptors (Lipinski definition) is 2. The fourth-order valence-corrected chi connectivity index (χ4v) is 2.27. The van der Waals surface area contributed by atoms with E-state index >= 15 is 0 Å². The van der Waals surface area contributed by atoms with Crippen LogP contribution in [0.5, 0.6) is 0 Å². The van der Waals surface area contributed by atoms with Gasteiger partial charge in [0.25, 0.3) is 0 Å². The van der Waals surface area contributed by atoms with Gasteiger partial charge in [-0.2, -0.15) is 0 Å². The molecule has 0 radical (unpaired) electrons. The maximum atomic E-state index is 11.3. The zero-order valence-electron chi connectivity index (χ0n) is 12.6. The average molecular weight is 282 g/mol. The first-order chi connectivity index (χ1) is 10.2. The molecule has 3 nitrogen and oxygen atoms in total. The third-order valence-electron chi connectivity index (χ3n) is 3.46. The molecular weight excluding hydrogens is 260 g/mol. The molecule has 0 unspecified atom stereocenters. The third kappa shape index (κ3) is 4.17. The Bertz CT molecular complexity index is 590. The second kappa shape index (κ2) is 7.60. The van der Waals surface area contributed by atoms with Crippen molar-refractivity contribution in [3.05, 3.63) is 59.7 Å². The molecule has 1 amide bonds. The molecule has 21 heavy (non-hydrogen) atoms. The standard InChI is InChI=1S/C18H22N2O/c1-3-18(21)20-12-14-8-10-15(11-9-14)17-7-5-4-6-16(17)13-19-2/h4-11,19H,3,12-13H2,1-2H3,(H,20,21). The molecule has 0 aromatic heterocycles. The van der Waals surface area contributed by atoms with Gasteiger partial charge in [0.15, 0.2) is 0 Å². The summed E-state index contributed by atoms with van der Waals surface area (Å²) in [6.07, 6.45) is 0.523. The van der Waals surface area contributed by atoms with Gasteiger partial charge in [-0.15, -0.1) is 0 Å². The Labute approximate surface area is 126 Å². The summed E-state index contributed by atoms with van der Waals surface area (Å²) in [5.74, 6) is 0.0819. The summed E-state index contributed by atoms with van der Waals surface area (Å²) in [6, 6.07) is 16.8. The van der Waals surface area contributed by atoms with Crippen LogP contribution in [-0.4, -0.2) is 13.0 Å². The topological polar surface area (TPSA) is 41.1 Å². The Hall–Kier alpha value is -2.13. The normalized spacial score (nSPS) is 10.4. The molecule has 2 N–H and O–H groups in total. The van der Waals surface area contributed by atoms with Crippen LogP contribution in [0, 0.1) is 0 Å². The molecule has 2 aromatic carbocycles. The molecule has 110 valence electrons. The van der Waals surface area contributed by atoms with Crippen molar-refractivity contribution in [1.82, 2.24) is 10.6 Å². The molecule has 0 saturated carbocycles. The van der Waals surface area contributed by atoms with E-state index in [1.165, 1.54) is 16.7 Å². The quantitative estimate of drug-likeness (QED) is 0.855. The van der Waals surface area contributed by atoms with Crippen molar-refractivity contribution in [3.8, 4) is 11.1 Å². The first kappa shape index (κ1) is 15.3. The molecule has 2 aromatic rings. The van der Waals surface area contributed by atoms with E-state index in [-0.39, 0.29) is 5.91 Å². The third-order valence-corrected chi connectivity index (χ3v) is 3.46. The minimum absolute atomic E-state index is 0.0819. The van der Waals surface area contributed by atoms with E-state index in [2.05, 4.69) is 59.2 Å². The van der Waals surface area contributed by atoms with Crippen molar-refractivity contribution in [2.45, 2.75) is 26.4 Å². The van der Waals surface area contributed by atoms with Crippen LogP contribution in [0.15, 0.2) is 48.5 Å². The van der Waals surface area contributed by atoms with Crippen molar-refractivity contribution < 1.29 is 4.79 Å². The van der Waals surface area contributed by atoms with Crippen LogP contribution in [0.3, 0.4) is 0 Å². The molecule has 2 rings (SSSR count). The number of amides is 1. The van der Waals surface area contributed by atoms with Crippen LogP contribution in [-0.2, 0) is 17.9 Å². The number of hydrogen-bond donors (Lipinski definition) is 2. The molecule has 0 bridgehead atoms. The van der Waals surface area contributed by atoms with Crippen molar-refractivity contribution in [2.24, 2.45) is 0 Å². The van der Waals surface area contributed by atoms with E-state index in [1.807, 2.05) is 14.0 Å². The van der Waals surface area contributed by atoms with Crippen LogP contribution in [0.1, 0.15) is 24.5 Å². The SMILES string of the molecule is CCC(=O)NCc1ccc(-c2ccccc2CNC)cc1. The van der Waals surface area contributed by atoms with Gasteiger partial charge in [0.1, 0.15) is 0 Å². The Morgan fingerprint density at radius 3 is 2.38 bits per heavy atom. The van der Waals surface area contributed by atoms with E-state index in [1.54, 1.807) is 0 Å². The van der Waals surface area contributed by atoms with Gasteiger partial charge < -0.3 is 10.6 Å². The summed E-state index contributed by atoms with van der Waals surface area (Å²) in [4.78, 5) is 11.3. The predicted molar refractivity (Wildman–Crippen MR) is 86.8 cm³/mol. The number of carbonyl (C=O) groups excluding carboxylic acids is 1. The Kier molecular flexibility index (Phi) is 5.52. The maximum Gasteiger partial charge on any atom is 0.219 e. The zero-order valence-corrected chi connectivity index (χ0v) is 12.6. The number of nitrogens with one attached hydrogen (secondary N) is 2. The second-order valence-electron chi connectivity index (χ2n) is 5.01. The summed E-state index contributed by atoms with van der Waals surface area (Å²) in [7, 11) is 1.95. The van der Waals surface area contributed by atoms with E-state index in [0.717, 1.165) is 12.1 Å². The number of benzene rings is 2.